The van der Waals surface area contributed by atoms with E-state index in [2.05, 4.69) is 4.99 Å². The summed E-state index contributed by atoms with van der Waals surface area (Å²) in [5.74, 6) is -0.0905. The number of nitro groups is 1. The van der Waals surface area contributed by atoms with E-state index in [-0.39, 0.29) is 16.8 Å². The molecule has 0 saturated carbocycles. The first-order valence-electron chi connectivity index (χ1n) is 7.19. The standard InChI is InChI=1S/C17H13N3O5/c1-24-13-6-7-15-10(8-13)9-14(16(18)21)17(25-15)19-11-2-4-12(5-3-11)20(22)23/h2-9H,1H3,(H2,18,21). The van der Waals surface area contributed by atoms with Crippen LogP contribution < -0.4 is 16.0 Å². The Labute approximate surface area is 141 Å². The maximum Gasteiger partial charge on any atom is 0.269 e. The number of hydrogen-bond donors (Lipinski definition) is 1. The molecule has 126 valence electrons. The van der Waals surface area contributed by atoms with E-state index in [1.807, 2.05) is 0 Å². The maximum atomic E-state index is 11.7. The molecule has 3 aromatic rings. The summed E-state index contributed by atoms with van der Waals surface area (Å²) in [6.07, 6.45) is 0. The number of nitro benzene ring substituents is 1. The van der Waals surface area contributed by atoms with Crippen molar-refractivity contribution < 1.29 is 18.9 Å². The van der Waals surface area contributed by atoms with Crippen LogP contribution in [0, 0.1) is 10.1 Å². The molecule has 0 fully saturated rings. The predicted molar refractivity (Wildman–Crippen MR) is 89.6 cm³/mol. The van der Waals surface area contributed by atoms with Gasteiger partial charge in [0.15, 0.2) is 0 Å². The molecule has 0 radical (unpaired) electrons. The summed E-state index contributed by atoms with van der Waals surface area (Å²) in [7, 11) is 1.53. The van der Waals surface area contributed by atoms with Crippen LogP contribution in [0.25, 0.3) is 11.0 Å². The lowest BCUT2D eigenvalue weighted by molar-refractivity contribution is -0.384. The Bertz CT molecular complexity index is 1040. The minimum Gasteiger partial charge on any atom is -0.497 e. The SMILES string of the molecule is COc1ccc2oc(=Nc3ccc([N+](=O)[O-])cc3)c(C(N)=O)cc2c1. The number of non-ortho nitro benzene ring substituents is 1. The Kier molecular flexibility index (Phi) is 4.17. The molecule has 0 aliphatic heterocycles. The molecule has 0 saturated heterocycles. The van der Waals surface area contributed by atoms with Crippen molar-refractivity contribution in [2.45, 2.75) is 0 Å². The molecular weight excluding hydrogens is 326 g/mol. The topological polar surface area (TPSA) is 121 Å². The van der Waals surface area contributed by atoms with Crippen LogP contribution in [-0.4, -0.2) is 17.9 Å². The van der Waals surface area contributed by atoms with E-state index in [4.69, 9.17) is 14.9 Å². The van der Waals surface area contributed by atoms with Crippen LogP contribution in [0.15, 0.2) is 57.9 Å². The summed E-state index contributed by atoms with van der Waals surface area (Å²) in [4.78, 5) is 26.2. The van der Waals surface area contributed by atoms with E-state index in [9.17, 15) is 14.9 Å². The number of carbonyl (C=O) groups is 1. The number of methoxy groups -OCH3 is 1. The Morgan fingerprint density at radius 1 is 1.20 bits per heavy atom. The van der Waals surface area contributed by atoms with Gasteiger partial charge >= 0.3 is 0 Å². The first kappa shape index (κ1) is 16.2. The molecule has 2 aromatic carbocycles. The molecule has 1 heterocycles. The highest BCUT2D eigenvalue weighted by atomic mass is 16.6. The highest BCUT2D eigenvalue weighted by Gasteiger charge is 2.11. The van der Waals surface area contributed by atoms with Crippen LogP contribution in [0.2, 0.25) is 0 Å². The third kappa shape index (κ3) is 3.32. The van der Waals surface area contributed by atoms with Crippen molar-refractivity contribution in [3.05, 3.63) is 69.8 Å². The molecule has 0 aliphatic carbocycles. The molecule has 0 spiro atoms. The lowest BCUT2D eigenvalue weighted by Crippen LogP contribution is -2.21. The summed E-state index contributed by atoms with van der Waals surface area (Å²) in [5, 5.41) is 11.3. The van der Waals surface area contributed by atoms with Crippen LogP contribution >= 0.6 is 0 Å². The first-order valence-corrected chi connectivity index (χ1v) is 7.19. The molecule has 0 bridgehead atoms. The lowest BCUT2D eigenvalue weighted by Gasteiger charge is -2.04. The fourth-order valence-electron chi connectivity index (χ4n) is 2.26. The third-order valence-electron chi connectivity index (χ3n) is 3.51. The number of rotatable bonds is 4. The van der Waals surface area contributed by atoms with Crippen LogP contribution in [0.5, 0.6) is 5.75 Å². The Morgan fingerprint density at radius 3 is 2.52 bits per heavy atom. The molecule has 2 N–H and O–H groups in total. The number of amides is 1. The number of primary amides is 1. The zero-order valence-corrected chi connectivity index (χ0v) is 13.1. The molecular formula is C17H13N3O5. The van der Waals surface area contributed by atoms with Gasteiger partial charge in [0.25, 0.3) is 11.6 Å². The van der Waals surface area contributed by atoms with Gasteiger partial charge in [-0.1, -0.05) is 0 Å². The number of benzene rings is 2. The average Bonchev–Trinajstić information content (AvgIpc) is 2.61. The Hall–Kier alpha value is -3.68. The minimum absolute atomic E-state index is 0.0269. The quantitative estimate of drug-likeness (QED) is 0.578. The number of ether oxygens (including phenoxy) is 1. The summed E-state index contributed by atoms with van der Waals surface area (Å²) in [6.45, 7) is 0. The Balaban J connectivity index is 2.17. The summed E-state index contributed by atoms with van der Waals surface area (Å²) < 4.78 is 10.8. The van der Waals surface area contributed by atoms with E-state index in [0.29, 0.717) is 22.4 Å². The number of nitrogens with zero attached hydrogens (tertiary/aromatic N) is 2. The van der Waals surface area contributed by atoms with Gasteiger partial charge in [-0.05, 0) is 36.4 Å². The normalized spacial score (nSPS) is 11.5. The van der Waals surface area contributed by atoms with Crippen LogP contribution in [0.1, 0.15) is 10.4 Å². The van der Waals surface area contributed by atoms with Crippen molar-refractivity contribution in [1.82, 2.24) is 0 Å². The zero-order valence-electron chi connectivity index (χ0n) is 13.1. The molecule has 0 aliphatic rings. The van der Waals surface area contributed by atoms with Crippen molar-refractivity contribution in [1.29, 1.82) is 0 Å². The molecule has 1 amide bonds. The number of hydrogen-bond acceptors (Lipinski definition) is 6. The van der Waals surface area contributed by atoms with Gasteiger partial charge in [-0.15, -0.1) is 0 Å². The minimum atomic E-state index is -0.700. The van der Waals surface area contributed by atoms with Gasteiger partial charge in [-0.2, -0.15) is 0 Å². The second kappa shape index (κ2) is 6.44. The van der Waals surface area contributed by atoms with E-state index in [1.165, 1.54) is 31.4 Å². The van der Waals surface area contributed by atoms with Crippen molar-refractivity contribution in [2.24, 2.45) is 10.7 Å². The third-order valence-corrected chi connectivity index (χ3v) is 3.51. The zero-order chi connectivity index (χ0) is 18.0. The number of fused-ring (bicyclic) bond motifs is 1. The fourth-order valence-corrected chi connectivity index (χ4v) is 2.26. The van der Waals surface area contributed by atoms with E-state index in [1.54, 1.807) is 24.3 Å². The highest BCUT2D eigenvalue weighted by molar-refractivity contribution is 5.95. The lowest BCUT2D eigenvalue weighted by atomic mass is 10.1. The monoisotopic (exact) mass is 339 g/mol. The van der Waals surface area contributed by atoms with Gasteiger partial charge in [0.2, 0.25) is 5.55 Å². The van der Waals surface area contributed by atoms with Gasteiger partial charge in [-0.25, -0.2) is 4.99 Å². The van der Waals surface area contributed by atoms with Crippen LogP contribution in [-0.2, 0) is 0 Å². The van der Waals surface area contributed by atoms with Crippen molar-refractivity contribution in [3.8, 4) is 5.75 Å². The molecule has 8 nitrogen and oxygen atoms in total. The van der Waals surface area contributed by atoms with Crippen LogP contribution in [0.4, 0.5) is 11.4 Å². The van der Waals surface area contributed by atoms with Crippen LogP contribution in [0.3, 0.4) is 0 Å². The average molecular weight is 339 g/mol. The molecule has 1 aromatic heterocycles. The molecule has 3 rings (SSSR count). The van der Waals surface area contributed by atoms with Crippen molar-refractivity contribution in [2.75, 3.05) is 7.11 Å². The van der Waals surface area contributed by atoms with E-state index in [0.717, 1.165) is 0 Å². The van der Waals surface area contributed by atoms with Crippen molar-refractivity contribution in [3.63, 3.8) is 0 Å². The smallest absolute Gasteiger partial charge is 0.269 e. The van der Waals surface area contributed by atoms with Crippen molar-refractivity contribution >= 4 is 28.3 Å². The van der Waals surface area contributed by atoms with Gasteiger partial charge in [0, 0.05) is 17.5 Å². The van der Waals surface area contributed by atoms with E-state index < -0.39 is 10.8 Å². The second-order valence-corrected chi connectivity index (χ2v) is 5.12. The van der Waals surface area contributed by atoms with Gasteiger partial charge in [0.05, 0.1) is 17.7 Å². The first-order chi connectivity index (χ1) is 12.0. The molecule has 0 atom stereocenters. The number of carbonyl (C=O) groups excluding carboxylic acids is 1. The largest absolute Gasteiger partial charge is 0.497 e. The Morgan fingerprint density at radius 2 is 1.92 bits per heavy atom. The molecule has 0 unspecified atom stereocenters. The van der Waals surface area contributed by atoms with Gasteiger partial charge in [-0.3, -0.25) is 14.9 Å². The highest BCUT2D eigenvalue weighted by Crippen LogP contribution is 2.21. The van der Waals surface area contributed by atoms with Gasteiger partial charge < -0.3 is 14.9 Å². The summed E-state index contributed by atoms with van der Waals surface area (Å²) in [6, 6.07) is 12.2. The summed E-state index contributed by atoms with van der Waals surface area (Å²) >= 11 is 0. The molecule has 25 heavy (non-hydrogen) atoms. The van der Waals surface area contributed by atoms with Gasteiger partial charge in [0.1, 0.15) is 16.9 Å². The summed E-state index contributed by atoms with van der Waals surface area (Å²) in [5.41, 5.74) is 6.36. The fraction of sp³-hybridized carbons (Fsp3) is 0.0588. The number of nitrogens with two attached hydrogens (primary N) is 1. The van der Waals surface area contributed by atoms with E-state index >= 15 is 0 Å². The molecule has 8 heteroatoms. The second-order valence-electron chi connectivity index (χ2n) is 5.12. The predicted octanol–water partition coefficient (Wildman–Crippen LogP) is 2.68. The maximum absolute atomic E-state index is 11.7.